The number of anilines is 1. The Hall–Kier alpha value is -2.05. The molecular formula is C15H14ClNO4S. The topological polar surface area (TPSA) is 64.6 Å². The Bertz CT molecular complexity index is 672. The molecule has 1 atom stereocenters. The number of methoxy groups -OCH3 is 1. The van der Waals surface area contributed by atoms with Crippen molar-refractivity contribution < 1.29 is 19.1 Å². The Morgan fingerprint density at radius 2 is 2.09 bits per heavy atom. The fourth-order valence-corrected chi connectivity index (χ4v) is 2.46. The zero-order valence-corrected chi connectivity index (χ0v) is 13.5. The van der Waals surface area contributed by atoms with Crippen LogP contribution in [0.2, 0.25) is 5.02 Å². The third-order valence-corrected chi connectivity index (χ3v) is 3.88. The van der Waals surface area contributed by atoms with Gasteiger partial charge in [-0.3, -0.25) is 4.79 Å². The predicted octanol–water partition coefficient (Wildman–Crippen LogP) is 3.59. The van der Waals surface area contributed by atoms with Crippen LogP contribution in [-0.2, 0) is 9.53 Å². The average molecular weight is 340 g/mol. The smallest absolute Gasteiger partial charge is 0.349 e. The summed E-state index contributed by atoms with van der Waals surface area (Å²) in [7, 11) is 1.49. The summed E-state index contributed by atoms with van der Waals surface area (Å²) in [4.78, 5) is 24.4. The molecular weight excluding hydrogens is 326 g/mol. The lowest BCUT2D eigenvalue weighted by atomic mass is 10.2. The summed E-state index contributed by atoms with van der Waals surface area (Å²) >= 11 is 7.15. The summed E-state index contributed by atoms with van der Waals surface area (Å²) < 4.78 is 10.3. The number of ether oxygens (including phenoxy) is 2. The van der Waals surface area contributed by atoms with E-state index in [0.29, 0.717) is 21.3 Å². The van der Waals surface area contributed by atoms with Crippen LogP contribution in [0.3, 0.4) is 0 Å². The first-order valence-electron chi connectivity index (χ1n) is 6.40. The minimum atomic E-state index is -0.946. The van der Waals surface area contributed by atoms with E-state index in [1.165, 1.54) is 25.4 Å². The van der Waals surface area contributed by atoms with Gasteiger partial charge < -0.3 is 14.8 Å². The molecule has 0 bridgehead atoms. The predicted molar refractivity (Wildman–Crippen MR) is 85.8 cm³/mol. The molecule has 22 heavy (non-hydrogen) atoms. The van der Waals surface area contributed by atoms with Crippen molar-refractivity contribution >= 4 is 40.5 Å². The van der Waals surface area contributed by atoms with Crippen LogP contribution in [0.25, 0.3) is 0 Å². The van der Waals surface area contributed by atoms with E-state index in [-0.39, 0.29) is 0 Å². The molecule has 1 heterocycles. The molecule has 1 unspecified atom stereocenters. The lowest BCUT2D eigenvalue weighted by Crippen LogP contribution is -2.29. The standard InChI is InChI=1S/C15H14ClNO4S/c1-9(21-15(19)13-4-3-7-22-13)14(18)17-11-8-10(16)5-6-12(11)20-2/h3-9H,1-2H3,(H,17,18). The van der Waals surface area contributed by atoms with Crippen molar-refractivity contribution in [3.8, 4) is 5.75 Å². The van der Waals surface area contributed by atoms with E-state index in [4.69, 9.17) is 21.1 Å². The number of halogens is 1. The van der Waals surface area contributed by atoms with Crippen LogP contribution < -0.4 is 10.1 Å². The van der Waals surface area contributed by atoms with E-state index >= 15 is 0 Å². The van der Waals surface area contributed by atoms with Gasteiger partial charge in [-0.2, -0.15) is 0 Å². The van der Waals surface area contributed by atoms with Crippen molar-refractivity contribution in [3.05, 3.63) is 45.6 Å². The van der Waals surface area contributed by atoms with Gasteiger partial charge in [-0.1, -0.05) is 17.7 Å². The van der Waals surface area contributed by atoms with Gasteiger partial charge in [-0.25, -0.2) is 4.79 Å². The molecule has 2 aromatic rings. The maximum atomic E-state index is 12.1. The van der Waals surface area contributed by atoms with Crippen molar-refractivity contribution in [1.82, 2.24) is 0 Å². The second kappa shape index (κ2) is 7.29. The van der Waals surface area contributed by atoms with Gasteiger partial charge in [0.1, 0.15) is 10.6 Å². The lowest BCUT2D eigenvalue weighted by molar-refractivity contribution is -0.123. The van der Waals surface area contributed by atoms with Crippen LogP contribution in [0, 0.1) is 0 Å². The normalized spacial score (nSPS) is 11.6. The van der Waals surface area contributed by atoms with E-state index in [1.807, 2.05) is 0 Å². The minimum Gasteiger partial charge on any atom is -0.495 e. The van der Waals surface area contributed by atoms with Crippen LogP contribution in [-0.4, -0.2) is 25.1 Å². The van der Waals surface area contributed by atoms with Crippen LogP contribution in [0.4, 0.5) is 5.69 Å². The Kier molecular flexibility index (Phi) is 5.41. The van der Waals surface area contributed by atoms with Gasteiger partial charge in [-0.15, -0.1) is 11.3 Å². The number of thiophene rings is 1. The van der Waals surface area contributed by atoms with Crippen molar-refractivity contribution in [2.75, 3.05) is 12.4 Å². The third kappa shape index (κ3) is 3.99. The zero-order chi connectivity index (χ0) is 16.1. The van der Waals surface area contributed by atoms with Crippen molar-refractivity contribution in [2.24, 2.45) is 0 Å². The quantitative estimate of drug-likeness (QED) is 0.845. The highest BCUT2D eigenvalue weighted by Gasteiger charge is 2.20. The van der Waals surface area contributed by atoms with Gasteiger partial charge in [0.2, 0.25) is 0 Å². The molecule has 0 aliphatic heterocycles. The maximum absolute atomic E-state index is 12.1. The molecule has 1 N–H and O–H groups in total. The monoisotopic (exact) mass is 339 g/mol. The number of carbonyl (C=O) groups is 2. The van der Waals surface area contributed by atoms with Crippen molar-refractivity contribution in [3.63, 3.8) is 0 Å². The van der Waals surface area contributed by atoms with E-state index in [2.05, 4.69) is 5.32 Å². The first-order valence-corrected chi connectivity index (χ1v) is 7.66. The second-order valence-electron chi connectivity index (χ2n) is 4.36. The summed E-state index contributed by atoms with van der Waals surface area (Å²) in [5, 5.41) is 4.85. The number of carbonyl (C=O) groups excluding carboxylic acids is 2. The van der Waals surface area contributed by atoms with Crippen LogP contribution >= 0.6 is 22.9 Å². The number of hydrogen-bond acceptors (Lipinski definition) is 5. The second-order valence-corrected chi connectivity index (χ2v) is 5.74. The summed E-state index contributed by atoms with van der Waals surface area (Å²) in [6, 6.07) is 8.23. The zero-order valence-electron chi connectivity index (χ0n) is 12.0. The summed E-state index contributed by atoms with van der Waals surface area (Å²) in [5.41, 5.74) is 0.416. The Labute approximate surface area is 136 Å². The number of rotatable bonds is 5. The van der Waals surface area contributed by atoms with Gasteiger partial charge in [0.25, 0.3) is 5.91 Å². The minimum absolute atomic E-state index is 0.416. The molecule has 0 spiro atoms. The van der Waals surface area contributed by atoms with Crippen LogP contribution in [0.15, 0.2) is 35.7 Å². The fourth-order valence-electron chi connectivity index (χ4n) is 1.68. The molecule has 1 amide bonds. The largest absolute Gasteiger partial charge is 0.495 e. The van der Waals surface area contributed by atoms with Crippen molar-refractivity contribution in [1.29, 1.82) is 0 Å². The van der Waals surface area contributed by atoms with Crippen molar-refractivity contribution in [2.45, 2.75) is 13.0 Å². The number of nitrogens with one attached hydrogen (secondary N) is 1. The van der Waals surface area contributed by atoms with E-state index in [0.717, 1.165) is 0 Å². The number of benzene rings is 1. The van der Waals surface area contributed by atoms with Gasteiger partial charge in [0, 0.05) is 5.02 Å². The molecule has 0 aliphatic carbocycles. The molecule has 1 aromatic carbocycles. The highest BCUT2D eigenvalue weighted by molar-refractivity contribution is 7.11. The summed E-state index contributed by atoms with van der Waals surface area (Å²) in [6.45, 7) is 1.50. The molecule has 0 radical (unpaired) electrons. The number of hydrogen-bond donors (Lipinski definition) is 1. The van der Waals surface area contributed by atoms with E-state index in [9.17, 15) is 9.59 Å². The molecule has 0 aliphatic rings. The molecule has 1 aromatic heterocycles. The summed E-state index contributed by atoms with van der Waals surface area (Å²) in [6.07, 6.45) is -0.946. The van der Waals surface area contributed by atoms with Crippen LogP contribution in [0.5, 0.6) is 5.75 Å². The van der Waals surface area contributed by atoms with Gasteiger partial charge >= 0.3 is 5.97 Å². The Morgan fingerprint density at radius 3 is 2.73 bits per heavy atom. The fraction of sp³-hybridized carbons (Fsp3) is 0.200. The van der Waals surface area contributed by atoms with Gasteiger partial charge in [-0.05, 0) is 36.6 Å². The molecule has 7 heteroatoms. The highest BCUT2D eigenvalue weighted by Crippen LogP contribution is 2.27. The average Bonchev–Trinajstić information content (AvgIpc) is 3.01. The molecule has 0 fully saturated rings. The first kappa shape index (κ1) is 16.3. The molecule has 0 saturated carbocycles. The first-order chi connectivity index (χ1) is 10.5. The molecule has 116 valence electrons. The van der Waals surface area contributed by atoms with E-state index in [1.54, 1.807) is 35.7 Å². The third-order valence-electron chi connectivity index (χ3n) is 2.79. The number of amides is 1. The Morgan fingerprint density at radius 1 is 1.32 bits per heavy atom. The van der Waals surface area contributed by atoms with Crippen LogP contribution in [0.1, 0.15) is 16.6 Å². The lowest BCUT2D eigenvalue weighted by Gasteiger charge is -2.15. The van der Waals surface area contributed by atoms with Gasteiger partial charge in [0.15, 0.2) is 6.10 Å². The summed E-state index contributed by atoms with van der Waals surface area (Å²) in [5.74, 6) is -0.532. The van der Waals surface area contributed by atoms with E-state index < -0.39 is 18.0 Å². The highest BCUT2D eigenvalue weighted by atomic mass is 35.5. The maximum Gasteiger partial charge on any atom is 0.349 e. The molecule has 0 saturated heterocycles. The SMILES string of the molecule is COc1ccc(Cl)cc1NC(=O)C(C)OC(=O)c1cccs1. The van der Waals surface area contributed by atoms with Gasteiger partial charge in [0.05, 0.1) is 12.8 Å². The molecule has 5 nitrogen and oxygen atoms in total. The Balaban J connectivity index is 2.02. The number of esters is 1. The molecule has 2 rings (SSSR count).